The quantitative estimate of drug-likeness (QED) is 0.246. The van der Waals surface area contributed by atoms with Crippen LogP contribution in [-0.2, 0) is 4.74 Å². The van der Waals surface area contributed by atoms with Crippen LogP contribution in [0.2, 0.25) is 0 Å². The van der Waals surface area contributed by atoms with Crippen molar-refractivity contribution in [3.05, 3.63) is 111 Å². The second-order valence-electron chi connectivity index (χ2n) is 8.82. The molecule has 0 spiro atoms. The highest BCUT2D eigenvalue weighted by atomic mass is 79.9. The molecule has 1 fully saturated rings. The van der Waals surface area contributed by atoms with E-state index in [4.69, 9.17) is 4.74 Å². The van der Waals surface area contributed by atoms with Gasteiger partial charge in [0.1, 0.15) is 0 Å². The number of aryl methyl sites for hydroxylation is 1. The Kier molecular flexibility index (Phi) is 5.40. The van der Waals surface area contributed by atoms with Gasteiger partial charge in [-0.1, -0.05) is 50.1 Å². The van der Waals surface area contributed by atoms with Crippen molar-refractivity contribution in [1.82, 2.24) is 0 Å². The van der Waals surface area contributed by atoms with Gasteiger partial charge in [0, 0.05) is 26.0 Å². The van der Waals surface area contributed by atoms with Crippen molar-refractivity contribution in [2.24, 2.45) is 0 Å². The third kappa shape index (κ3) is 3.84. The first-order valence-electron chi connectivity index (χ1n) is 11.3. The first-order valence-corrected chi connectivity index (χ1v) is 12.9. The first-order chi connectivity index (χ1) is 16.1. The van der Waals surface area contributed by atoms with Crippen LogP contribution < -0.4 is 4.90 Å². The lowest BCUT2D eigenvalue weighted by Gasteiger charge is -2.26. The zero-order chi connectivity index (χ0) is 22.5. The summed E-state index contributed by atoms with van der Waals surface area (Å²) in [6.45, 7) is 2.19. The molecule has 0 N–H and O–H groups in total. The van der Waals surface area contributed by atoms with Gasteiger partial charge in [0.2, 0.25) is 0 Å². The van der Waals surface area contributed by atoms with E-state index < -0.39 is 0 Å². The molecule has 4 aromatic rings. The molecule has 2 nitrogen and oxygen atoms in total. The molecule has 0 saturated carbocycles. The van der Waals surface area contributed by atoms with Gasteiger partial charge in [0.15, 0.2) is 0 Å². The van der Waals surface area contributed by atoms with Crippen molar-refractivity contribution in [3.8, 4) is 11.1 Å². The zero-order valence-electron chi connectivity index (χ0n) is 18.3. The van der Waals surface area contributed by atoms with Crippen LogP contribution >= 0.6 is 31.9 Å². The number of hydrogen-bond donors (Lipinski definition) is 0. The molecule has 0 radical (unpaired) electrons. The maximum atomic E-state index is 6.14. The molecule has 1 saturated heterocycles. The van der Waals surface area contributed by atoms with E-state index in [1.807, 2.05) is 0 Å². The third-order valence-corrected chi connectivity index (χ3v) is 7.82. The molecule has 6 rings (SSSR count). The summed E-state index contributed by atoms with van der Waals surface area (Å²) in [7, 11) is 0. The number of anilines is 3. The topological polar surface area (TPSA) is 12.5 Å². The lowest BCUT2D eigenvalue weighted by atomic mass is 9.88. The number of fused-ring (bicyclic) bond motifs is 5. The minimum Gasteiger partial charge on any atom is -0.366 e. The summed E-state index contributed by atoms with van der Waals surface area (Å²) in [6.07, 6.45) is 2.87. The molecule has 2 aliphatic rings. The van der Waals surface area contributed by atoms with E-state index in [2.05, 4.69) is 129 Å². The van der Waals surface area contributed by atoms with Crippen LogP contribution in [0.1, 0.15) is 41.7 Å². The van der Waals surface area contributed by atoms with E-state index >= 15 is 0 Å². The van der Waals surface area contributed by atoms with E-state index in [-0.39, 0.29) is 6.10 Å². The molecule has 4 aromatic carbocycles. The molecular formula is C29H23Br2NO. The van der Waals surface area contributed by atoms with Crippen LogP contribution in [0, 0.1) is 6.92 Å². The van der Waals surface area contributed by atoms with Gasteiger partial charge in [-0.2, -0.15) is 0 Å². The molecule has 2 heterocycles. The van der Waals surface area contributed by atoms with Crippen molar-refractivity contribution in [3.63, 3.8) is 0 Å². The Bertz CT molecular complexity index is 1290. The molecule has 164 valence electrons. The smallest absolute Gasteiger partial charge is 0.0838 e. The highest BCUT2D eigenvalue weighted by Gasteiger charge is 2.37. The maximum absolute atomic E-state index is 6.14. The third-order valence-electron chi connectivity index (χ3n) is 6.76. The van der Waals surface area contributed by atoms with Gasteiger partial charge in [-0.3, -0.25) is 0 Å². The second kappa shape index (κ2) is 8.43. The van der Waals surface area contributed by atoms with E-state index in [1.54, 1.807) is 0 Å². The number of hydrogen-bond acceptors (Lipinski definition) is 2. The van der Waals surface area contributed by atoms with Gasteiger partial charge >= 0.3 is 0 Å². The maximum Gasteiger partial charge on any atom is 0.0838 e. The highest BCUT2D eigenvalue weighted by molar-refractivity contribution is 9.10. The molecule has 4 heteroatoms. The van der Waals surface area contributed by atoms with Crippen LogP contribution in [0.15, 0.2) is 93.9 Å². The summed E-state index contributed by atoms with van der Waals surface area (Å²) in [5.41, 5.74) is 9.94. The molecule has 2 aliphatic heterocycles. The van der Waals surface area contributed by atoms with E-state index in [0.717, 1.165) is 38.8 Å². The van der Waals surface area contributed by atoms with Crippen molar-refractivity contribution in [2.75, 3.05) is 4.90 Å². The predicted molar refractivity (Wildman–Crippen MR) is 142 cm³/mol. The van der Waals surface area contributed by atoms with Crippen LogP contribution in [0.5, 0.6) is 0 Å². The molecule has 2 atom stereocenters. The van der Waals surface area contributed by atoms with Gasteiger partial charge in [-0.05, 0) is 114 Å². The average molecular weight is 561 g/mol. The van der Waals surface area contributed by atoms with Crippen LogP contribution in [0.25, 0.3) is 11.1 Å². The minimum absolute atomic E-state index is 0.274. The van der Waals surface area contributed by atoms with Gasteiger partial charge in [0.25, 0.3) is 0 Å². The van der Waals surface area contributed by atoms with Crippen LogP contribution in [0.4, 0.5) is 17.1 Å². The Morgan fingerprint density at radius 3 is 1.88 bits per heavy atom. The highest BCUT2D eigenvalue weighted by Crippen LogP contribution is 2.51. The first kappa shape index (κ1) is 21.2. The largest absolute Gasteiger partial charge is 0.366 e. The fourth-order valence-corrected chi connectivity index (χ4v) is 5.63. The van der Waals surface area contributed by atoms with Crippen LogP contribution in [0.3, 0.4) is 0 Å². The lowest BCUT2D eigenvalue weighted by molar-refractivity contribution is 0.0717. The zero-order valence-corrected chi connectivity index (χ0v) is 21.4. The molecule has 0 amide bonds. The molecule has 33 heavy (non-hydrogen) atoms. The van der Waals surface area contributed by atoms with E-state index in [9.17, 15) is 0 Å². The van der Waals surface area contributed by atoms with Gasteiger partial charge in [-0.15, -0.1) is 0 Å². The number of nitrogens with zero attached hydrogens (tertiary/aromatic N) is 1. The second-order valence-corrected chi connectivity index (χ2v) is 10.7. The Labute approximate surface area is 211 Å². The summed E-state index contributed by atoms with van der Waals surface area (Å²) >= 11 is 7.14. The van der Waals surface area contributed by atoms with Crippen LogP contribution in [-0.4, -0.2) is 0 Å². The number of benzene rings is 4. The fraction of sp³-hybridized carbons (Fsp3) is 0.172. The van der Waals surface area contributed by atoms with E-state index in [0.29, 0.717) is 6.10 Å². The van der Waals surface area contributed by atoms with Crippen molar-refractivity contribution < 1.29 is 4.74 Å². The Balaban J connectivity index is 1.46. The van der Waals surface area contributed by atoms with Crippen molar-refractivity contribution in [1.29, 1.82) is 0 Å². The molecular weight excluding hydrogens is 538 g/mol. The predicted octanol–water partition coefficient (Wildman–Crippen LogP) is 9.56. The number of halogens is 2. The fourth-order valence-electron chi connectivity index (χ4n) is 5.10. The average Bonchev–Trinajstić information content (AvgIpc) is 3.45. The summed E-state index contributed by atoms with van der Waals surface area (Å²) in [5.74, 6) is 0. The number of ether oxygens (including phenoxy) is 1. The molecule has 2 bridgehead atoms. The van der Waals surface area contributed by atoms with E-state index in [1.165, 1.54) is 27.8 Å². The Morgan fingerprint density at radius 2 is 1.24 bits per heavy atom. The standard InChI is InChI=1S/C29H23Br2NO/c1-18-2-8-24(17-26(18)19-3-13-25-27(16-19)29-15-14-28(25)33-29)32(22-9-4-20(30)5-10-22)23-11-6-21(31)7-12-23/h2-13,16-17,28-29H,14-15H2,1H3. The Hall–Kier alpha value is -2.40. The van der Waals surface area contributed by atoms with Gasteiger partial charge in [0.05, 0.1) is 12.2 Å². The summed E-state index contributed by atoms with van der Waals surface area (Å²) in [6, 6.07) is 30.6. The SMILES string of the molecule is Cc1ccc(N(c2ccc(Br)cc2)c2ccc(Br)cc2)cc1-c1ccc2c(c1)C1CCC2O1. The lowest BCUT2D eigenvalue weighted by Crippen LogP contribution is -2.10. The summed E-state index contributed by atoms with van der Waals surface area (Å²) in [4.78, 5) is 2.31. The molecule has 0 aromatic heterocycles. The molecule has 0 aliphatic carbocycles. The van der Waals surface area contributed by atoms with Crippen molar-refractivity contribution >= 4 is 48.9 Å². The minimum atomic E-state index is 0.274. The summed E-state index contributed by atoms with van der Waals surface area (Å²) in [5, 5.41) is 0. The molecule has 2 unspecified atom stereocenters. The van der Waals surface area contributed by atoms with Gasteiger partial charge < -0.3 is 9.64 Å². The number of rotatable bonds is 4. The van der Waals surface area contributed by atoms with Gasteiger partial charge in [-0.25, -0.2) is 0 Å². The Morgan fingerprint density at radius 1 is 0.667 bits per heavy atom. The summed E-state index contributed by atoms with van der Waals surface area (Å²) < 4.78 is 8.29. The van der Waals surface area contributed by atoms with Crippen molar-refractivity contribution in [2.45, 2.75) is 32.0 Å². The normalized spacial score (nSPS) is 18.4. The monoisotopic (exact) mass is 559 g/mol.